The standard InChI is InChI=1S/C23H28ClNO/c24-19-11-12-22(20(15-19)17-7-3-1-4-8-17)26-23-13-14-25-16-21(23)18-9-5-2-6-10-18/h11-18H,1-10H2. The van der Waals surface area contributed by atoms with E-state index in [0.717, 1.165) is 16.5 Å². The second-order valence-corrected chi connectivity index (χ2v) is 8.30. The van der Waals surface area contributed by atoms with Gasteiger partial charge in [-0.3, -0.25) is 4.98 Å². The van der Waals surface area contributed by atoms with Crippen LogP contribution >= 0.6 is 11.6 Å². The van der Waals surface area contributed by atoms with Crippen molar-refractivity contribution >= 4 is 11.6 Å². The molecule has 138 valence electrons. The van der Waals surface area contributed by atoms with Crippen molar-refractivity contribution in [3.63, 3.8) is 0 Å². The van der Waals surface area contributed by atoms with Crippen LogP contribution in [0.15, 0.2) is 36.7 Å². The summed E-state index contributed by atoms with van der Waals surface area (Å²) in [6.07, 6.45) is 16.8. The van der Waals surface area contributed by atoms with Crippen molar-refractivity contribution in [3.8, 4) is 11.5 Å². The second-order valence-electron chi connectivity index (χ2n) is 7.87. The number of benzene rings is 1. The van der Waals surface area contributed by atoms with Crippen LogP contribution in [0.3, 0.4) is 0 Å². The Morgan fingerprint density at radius 1 is 0.769 bits per heavy atom. The molecule has 0 aliphatic heterocycles. The zero-order valence-electron chi connectivity index (χ0n) is 15.4. The Morgan fingerprint density at radius 3 is 2.08 bits per heavy atom. The van der Waals surface area contributed by atoms with Gasteiger partial charge in [-0.25, -0.2) is 0 Å². The Bertz CT molecular complexity index is 733. The van der Waals surface area contributed by atoms with E-state index in [2.05, 4.69) is 17.1 Å². The monoisotopic (exact) mass is 369 g/mol. The predicted octanol–water partition coefficient (Wildman–Crippen LogP) is 7.62. The highest BCUT2D eigenvalue weighted by Gasteiger charge is 2.23. The fourth-order valence-corrected chi connectivity index (χ4v) is 4.85. The Labute approximate surface area is 161 Å². The summed E-state index contributed by atoms with van der Waals surface area (Å²) in [5.41, 5.74) is 2.56. The van der Waals surface area contributed by atoms with E-state index in [4.69, 9.17) is 16.3 Å². The smallest absolute Gasteiger partial charge is 0.133 e. The minimum absolute atomic E-state index is 0.567. The topological polar surface area (TPSA) is 22.1 Å². The predicted molar refractivity (Wildman–Crippen MR) is 107 cm³/mol. The van der Waals surface area contributed by atoms with E-state index in [9.17, 15) is 0 Å². The van der Waals surface area contributed by atoms with Crippen LogP contribution in [0.2, 0.25) is 5.02 Å². The first-order valence-corrected chi connectivity index (χ1v) is 10.6. The Morgan fingerprint density at radius 2 is 1.38 bits per heavy atom. The molecule has 0 spiro atoms. The van der Waals surface area contributed by atoms with E-state index in [1.807, 2.05) is 24.5 Å². The average Bonchev–Trinajstić information content (AvgIpc) is 2.71. The first kappa shape index (κ1) is 17.9. The third-order valence-corrected chi connectivity index (χ3v) is 6.33. The number of nitrogens with zero attached hydrogens (tertiary/aromatic N) is 1. The highest BCUT2D eigenvalue weighted by molar-refractivity contribution is 6.30. The lowest BCUT2D eigenvalue weighted by Crippen LogP contribution is -2.08. The Balaban J connectivity index is 1.63. The molecule has 1 heterocycles. The van der Waals surface area contributed by atoms with Gasteiger partial charge in [0.25, 0.3) is 0 Å². The molecule has 2 nitrogen and oxygen atoms in total. The molecule has 26 heavy (non-hydrogen) atoms. The van der Waals surface area contributed by atoms with Crippen LogP contribution in [0.1, 0.15) is 87.2 Å². The summed E-state index contributed by atoms with van der Waals surface area (Å²) >= 11 is 6.33. The maximum Gasteiger partial charge on any atom is 0.133 e. The number of hydrogen-bond acceptors (Lipinski definition) is 2. The van der Waals surface area contributed by atoms with Crippen LogP contribution < -0.4 is 4.74 Å². The van der Waals surface area contributed by atoms with Crippen LogP contribution in [0, 0.1) is 0 Å². The van der Waals surface area contributed by atoms with Gasteiger partial charge < -0.3 is 4.74 Å². The molecule has 0 N–H and O–H groups in total. The third kappa shape index (κ3) is 4.06. The van der Waals surface area contributed by atoms with Gasteiger partial charge in [0.05, 0.1) is 0 Å². The van der Waals surface area contributed by atoms with Gasteiger partial charge in [0, 0.05) is 23.0 Å². The van der Waals surface area contributed by atoms with Gasteiger partial charge >= 0.3 is 0 Å². The number of aromatic nitrogens is 1. The second kappa shape index (κ2) is 8.43. The van der Waals surface area contributed by atoms with Gasteiger partial charge in [-0.05, 0) is 67.3 Å². The maximum atomic E-state index is 6.50. The van der Waals surface area contributed by atoms with Crippen LogP contribution in [0.4, 0.5) is 0 Å². The normalized spacial score (nSPS) is 19.4. The fourth-order valence-electron chi connectivity index (χ4n) is 4.67. The Kier molecular flexibility index (Phi) is 5.79. The molecule has 0 amide bonds. The summed E-state index contributed by atoms with van der Waals surface area (Å²) in [7, 11) is 0. The SMILES string of the molecule is Clc1ccc(Oc2ccncc2C2CCCCC2)c(C2CCCCC2)c1. The molecule has 2 aromatic rings. The highest BCUT2D eigenvalue weighted by atomic mass is 35.5. The van der Waals surface area contributed by atoms with Crippen molar-refractivity contribution in [1.82, 2.24) is 4.98 Å². The molecule has 0 atom stereocenters. The largest absolute Gasteiger partial charge is 0.457 e. The third-order valence-electron chi connectivity index (χ3n) is 6.09. The van der Waals surface area contributed by atoms with Crippen molar-refractivity contribution in [1.29, 1.82) is 0 Å². The first-order chi connectivity index (χ1) is 12.8. The average molecular weight is 370 g/mol. The summed E-state index contributed by atoms with van der Waals surface area (Å²) in [5, 5.41) is 0.806. The molecule has 2 saturated carbocycles. The molecule has 2 aliphatic carbocycles. The van der Waals surface area contributed by atoms with Crippen LogP contribution in [-0.2, 0) is 0 Å². The van der Waals surface area contributed by atoms with Crippen LogP contribution in [0.5, 0.6) is 11.5 Å². The zero-order valence-corrected chi connectivity index (χ0v) is 16.2. The minimum Gasteiger partial charge on any atom is -0.457 e. The van der Waals surface area contributed by atoms with E-state index in [-0.39, 0.29) is 0 Å². The fraction of sp³-hybridized carbons (Fsp3) is 0.522. The van der Waals surface area contributed by atoms with Gasteiger partial charge in [-0.1, -0.05) is 50.1 Å². The van der Waals surface area contributed by atoms with Gasteiger partial charge in [0.15, 0.2) is 0 Å². The van der Waals surface area contributed by atoms with Crippen molar-refractivity contribution in [3.05, 3.63) is 52.8 Å². The van der Waals surface area contributed by atoms with Gasteiger partial charge in [0.1, 0.15) is 11.5 Å². The van der Waals surface area contributed by atoms with E-state index in [1.54, 1.807) is 0 Å². The number of ether oxygens (including phenoxy) is 1. The van der Waals surface area contributed by atoms with Crippen molar-refractivity contribution in [2.75, 3.05) is 0 Å². The number of halogens is 1. The zero-order chi connectivity index (χ0) is 17.8. The highest BCUT2D eigenvalue weighted by Crippen LogP contribution is 2.43. The molecule has 0 saturated heterocycles. The molecule has 1 aromatic carbocycles. The van der Waals surface area contributed by atoms with Crippen molar-refractivity contribution in [2.24, 2.45) is 0 Å². The summed E-state index contributed by atoms with van der Waals surface area (Å²) in [6.45, 7) is 0. The van der Waals surface area contributed by atoms with Gasteiger partial charge in [-0.2, -0.15) is 0 Å². The number of rotatable bonds is 4. The summed E-state index contributed by atoms with van der Waals surface area (Å²) in [6, 6.07) is 8.15. The molecule has 0 bridgehead atoms. The lowest BCUT2D eigenvalue weighted by molar-refractivity contribution is 0.402. The molecule has 0 unspecified atom stereocenters. The molecule has 3 heteroatoms. The van der Waals surface area contributed by atoms with E-state index < -0.39 is 0 Å². The number of pyridine rings is 1. The van der Waals surface area contributed by atoms with E-state index in [0.29, 0.717) is 11.8 Å². The molecular formula is C23H28ClNO. The number of hydrogen-bond donors (Lipinski definition) is 0. The molecular weight excluding hydrogens is 342 g/mol. The molecule has 2 aliphatic rings. The van der Waals surface area contributed by atoms with Crippen LogP contribution in [0.25, 0.3) is 0 Å². The first-order valence-electron chi connectivity index (χ1n) is 10.2. The Hall–Kier alpha value is -1.54. The summed E-state index contributed by atoms with van der Waals surface area (Å²) in [4.78, 5) is 4.39. The summed E-state index contributed by atoms with van der Waals surface area (Å²) in [5.74, 6) is 3.10. The van der Waals surface area contributed by atoms with Crippen molar-refractivity contribution < 1.29 is 4.74 Å². The summed E-state index contributed by atoms with van der Waals surface area (Å²) < 4.78 is 6.50. The minimum atomic E-state index is 0.567. The van der Waals surface area contributed by atoms with Crippen LogP contribution in [-0.4, -0.2) is 4.98 Å². The lowest BCUT2D eigenvalue weighted by Gasteiger charge is -2.26. The molecule has 0 radical (unpaired) electrons. The van der Waals surface area contributed by atoms with E-state index >= 15 is 0 Å². The maximum absolute atomic E-state index is 6.50. The van der Waals surface area contributed by atoms with Crippen molar-refractivity contribution in [2.45, 2.75) is 76.0 Å². The molecule has 1 aromatic heterocycles. The van der Waals surface area contributed by atoms with Gasteiger partial charge in [-0.15, -0.1) is 0 Å². The molecule has 2 fully saturated rings. The lowest BCUT2D eigenvalue weighted by atomic mass is 9.83. The quantitative estimate of drug-likeness (QED) is 0.552. The van der Waals surface area contributed by atoms with Gasteiger partial charge in [0.2, 0.25) is 0 Å². The van der Waals surface area contributed by atoms with E-state index in [1.165, 1.54) is 75.3 Å². The molecule has 4 rings (SSSR count).